The number of carbonyl (C=O) groups is 3. The van der Waals surface area contributed by atoms with Gasteiger partial charge >= 0.3 is 6.09 Å². The van der Waals surface area contributed by atoms with Crippen molar-refractivity contribution in [2.75, 3.05) is 18.0 Å². The van der Waals surface area contributed by atoms with E-state index in [0.717, 1.165) is 5.56 Å². The van der Waals surface area contributed by atoms with E-state index in [1.807, 2.05) is 12.1 Å². The highest BCUT2D eigenvalue weighted by atomic mass is 19.1. The number of pyridine rings is 1. The molecular weight excluding hydrogens is 453 g/mol. The average Bonchev–Trinajstić information content (AvgIpc) is 3.24. The van der Waals surface area contributed by atoms with E-state index in [2.05, 4.69) is 21.2 Å². The van der Waals surface area contributed by atoms with E-state index < -0.39 is 18.0 Å². The van der Waals surface area contributed by atoms with Gasteiger partial charge in [0.25, 0.3) is 5.91 Å². The van der Waals surface area contributed by atoms with E-state index in [4.69, 9.17) is 4.74 Å². The molecule has 1 saturated heterocycles. The van der Waals surface area contributed by atoms with E-state index in [-0.39, 0.29) is 24.9 Å². The van der Waals surface area contributed by atoms with Crippen LogP contribution in [0, 0.1) is 5.82 Å². The van der Waals surface area contributed by atoms with Crippen molar-refractivity contribution >= 4 is 23.6 Å². The Labute approximate surface area is 201 Å². The van der Waals surface area contributed by atoms with Crippen molar-refractivity contribution in [3.05, 3.63) is 83.9 Å². The molecule has 3 aromatic rings. The van der Waals surface area contributed by atoms with Gasteiger partial charge in [0.2, 0.25) is 5.91 Å². The molecule has 180 valence electrons. The van der Waals surface area contributed by atoms with Gasteiger partial charge in [0.05, 0.1) is 18.8 Å². The van der Waals surface area contributed by atoms with Gasteiger partial charge in [0.15, 0.2) is 0 Å². The van der Waals surface area contributed by atoms with Crippen LogP contribution >= 0.6 is 0 Å². The average molecular weight is 477 g/mol. The van der Waals surface area contributed by atoms with Crippen molar-refractivity contribution in [2.45, 2.75) is 19.6 Å². The molecular formula is C25H24FN5O4. The standard InChI is InChI=1S/C25H24FN5O4/c1-16(32)28-14-21-15-31(25(34)35-21)20-6-7-22(23(26)12-20)18-4-2-17(3-5-18)13-29-30-24(33)19-8-10-27-11-9-19/h2-12,21,29H,13-15H2,1H3,(H,28,32)(H,30,33). The van der Waals surface area contributed by atoms with Gasteiger partial charge in [-0.3, -0.25) is 24.9 Å². The molecule has 1 aliphatic rings. The van der Waals surface area contributed by atoms with Gasteiger partial charge in [0.1, 0.15) is 11.9 Å². The van der Waals surface area contributed by atoms with Gasteiger partial charge in [-0.15, -0.1) is 0 Å². The first kappa shape index (κ1) is 23.8. The van der Waals surface area contributed by atoms with Crippen molar-refractivity contribution in [3.8, 4) is 11.1 Å². The number of nitrogens with zero attached hydrogens (tertiary/aromatic N) is 2. The number of nitrogens with one attached hydrogen (secondary N) is 3. The highest BCUT2D eigenvalue weighted by Gasteiger charge is 2.32. The van der Waals surface area contributed by atoms with Crippen LogP contribution in [0.25, 0.3) is 11.1 Å². The smallest absolute Gasteiger partial charge is 0.414 e. The maximum Gasteiger partial charge on any atom is 0.414 e. The van der Waals surface area contributed by atoms with E-state index >= 15 is 0 Å². The van der Waals surface area contributed by atoms with E-state index in [9.17, 15) is 18.8 Å². The number of hydrazine groups is 1. The lowest BCUT2D eigenvalue weighted by Gasteiger charge is -2.15. The normalized spacial score (nSPS) is 15.0. The summed E-state index contributed by atoms with van der Waals surface area (Å²) in [6.07, 6.45) is 2.01. The van der Waals surface area contributed by atoms with Crippen LogP contribution in [0.3, 0.4) is 0 Å². The molecule has 1 atom stereocenters. The van der Waals surface area contributed by atoms with E-state index in [0.29, 0.717) is 28.9 Å². The van der Waals surface area contributed by atoms with Crippen molar-refractivity contribution in [1.29, 1.82) is 0 Å². The summed E-state index contributed by atoms with van der Waals surface area (Å²) in [6.45, 7) is 2.19. The van der Waals surface area contributed by atoms with E-state index in [1.54, 1.807) is 48.8 Å². The van der Waals surface area contributed by atoms with Gasteiger partial charge in [-0.05, 0) is 41.5 Å². The minimum absolute atomic E-state index is 0.201. The molecule has 1 aliphatic heterocycles. The number of amides is 3. The molecule has 0 spiro atoms. The first-order valence-corrected chi connectivity index (χ1v) is 11.0. The zero-order chi connectivity index (χ0) is 24.8. The topological polar surface area (TPSA) is 113 Å². The second-order valence-electron chi connectivity index (χ2n) is 7.96. The van der Waals surface area contributed by atoms with Crippen molar-refractivity contribution in [1.82, 2.24) is 21.2 Å². The minimum atomic E-state index is -0.583. The summed E-state index contributed by atoms with van der Waals surface area (Å²) < 4.78 is 20.2. The van der Waals surface area contributed by atoms with E-state index in [1.165, 1.54) is 17.9 Å². The number of rotatable bonds is 8. The summed E-state index contributed by atoms with van der Waals surface area (Å²) in [5.41, 5.74) is 8.31. The fourth-order valence-corrected chi connectivity index (χ4v) is 3.61. The Bertz CT molecular complexity index is 1220. The van der Waals surface area contributed by atoms with Gasteiger partial charge in [-0.1, -0.05) is 24.3 Å². The number of hydrogen-bond donors (Lipinski definition) is 3. The molecule has 0 saturated carbocycles. The Hall–Kier alpha value is -4.31. The van der Waals surface area contributed by atoms with Crippen LogP contribution in [-0.4, -0.2) is 42.1 Å². The number of anilines is 1. The lowest BCUT2D eigenvalue weighted by Crippen LogP contribution is -2.36. The van der Waals surface area contributed by atoms with Crippen molar-refractivity contribution < 1.29 is 23.5 Å². The summed E-state index contributed by atoms with van der Waals surface area (Å²) in [5, 5.41) is 2.61. The molecule has 1 unspecified atom stereocenters. The second kappa shape index (κ2) is 10.7. The Morgan fingerprint density at radius 1 is 1.11 bits per heavy atom. The molecule has 2 aromatic carbocycles. The predicted molar refractivity (Wildman–Crippen MR) is 127 cm³/mol. The second-order valence-corrected chi connectivity index (χ2v) is 7.96. The number of carbonyl (C=O) groups excluding carboxylic acids is 3. The molecule has 9 nitrogen and oxygen atoms in total. The Balaban J connectivity index is 1.35. The first-order valence-electron chi connectivity index (χ1n) is 11.0. The van der Waals surface area contributed by atoms with Crippen LogP contribution < -0.4 is 21.1 Å². The summed E-state index contributed by atoms with van der Waals surface area (Å²) in [4.78, 5) is 40.5. The number of ether oxygens (including phenoxy) is 1. The molecule has 4 rings (SSSR count). The largest absolute Gasteiger partial charge is 0.442 e. The summed E-state index contributed by atoms with van der Waals surface area (Å²) in [5.74, 6) is -0.961. The maximum atomic E-state index is 14.9. The predicted octanol–water partition coefficient (Wildman–Crippen LogP) is 2.78. The minimum Gasteiger partial charge on any atom is -0.442 e. The molecule has 1 aromatic heterocycles. The van der Waals surface area contributed by atoms with Crippen LogP contribution in [0.2, 0.25) is 0 Å². The Kier molecular flexibility index (Phi) is 7.32. The summed E-state index contributed by atoms with van der Waals surface area (Å²) in [6, 6.07) is 15.0. The number of halogens is 1. The third kappa shape index (κ3) is 5.98. The molecule has 0 aliphatic carbocycles. The lowest BCUT2D eigenvalue weighted by molar-refractivity contribution is -0.119. The molecule has 2 heterocycles. The zero-order valence-corrected chi connectivity index (χ0v) is 19.0. The van der Waals surface area contributed by atoms with Crippen LogP contribution in [-0.2, 0) is 16.1 Å². The highest BCUT2D eigenvalue weighted by molar-refractivity contribution is 5.93. The van der Waals surface area contributed by atoms with Crippen LogP contribution in [0.5, 0.6) is 0 Å². The third-order valence-electron chi connectivity index (χ3n) is 5.42. The first-order chi connectivity index (χ1) is 16.9. The van der Waals surface area contributed by atoms with Crippen LogP contribution in [0.4, 0.5) is 14.9 Å². The van der Waals surface area contributed by atoms with Crippen LogP contribution in [0.1, 0.15) is 22.8 Å². The fraction of sp³-hybridized carbons (Fsp3) is 0.200. The van der Waals surface area contributed by atoms with Crippen molar-refractivity contribution in [2.24, 2.45) is 0 Å². The Morgan fingerprint density at radius 2 is 1.86 bits per heavy atom. The molecule has 3 N–H and O–H groups in total. The zero-order valence-electron chi connectivity index (χ0n) is 19.0. The summed E-state index contributed by atoms with van der Waals surface area (Å²) in [7, 11) is 0. The van der Waals surface area contributed by atoms with Gasteiger partial charge < -0.3 is 10.1 Å². The number of cyclic esters (lactones) is 1. The summed E-state index contributed by atoms with van der Waals surface area (Å²) >= 11 is 0. The SMILES string of the molecule is CC(=O)NCC1CN(c2ccc(-c3ccc(CNNC(=O)c4ccncc4)cc3)c(F)c2)C(=O)O1. The molecule has 10 heteroatoms. The van der Waals surface area contributed by atoms with Gasteiger partial charge in [0, 0.05) is 37.0 Å². The van der Waals surface area contributed by atoms with Crippen LogP contribution in [0.15, 0.2) is 67.0 Å². The molecule has 1 fully saturated rings. The third-order valence-corrected chi connectivity index (χ3v) is 5.42. The maximum absolute atomic E-state index is 14.9. The highest BCUT2D eigenvalue weighted by Crippen LogP contribution is 2.29. The molecule has 0 radical (unpaired) electrons. The lowest BCUT2D eigenvalue weighted by atomic mass is 10.0. The number of aromatic nitrogens is 1. The molecule has 0 bridgehead atoms. The molecule has 3 amide bonds. The molecule has 35 heavy (non-hydrogen) atoms. The van der Waals surface area contributed by atoms with Crippen molar-refractivity contribution in [3.63, 3.8) is 0 Å². The fourth-order valence-electron chi connectivity index (χ4n) is 3.61. The number of hydrogen-bond acceptors (Lipinski definition) is 6. The monoisotopic (exact) mass is 477 g/mol. The Morgan fingerprint density at radius 3 is 2.54 bits per heavy atom. The quantitative estimate of drug-likeness (QED) is 0.430. The number of benzene rings is 2. The van der Waals surface area contributed by atoms with Gasteiger partial charge in [-0.2, -0.15) is 0 Å². The van der Waals surface area contributed by atoms with Gasteiger partial charge in [-0.25, -0.2) is 14.6 Å².